The summed E-state index contributed by atoms with van der Waals surface area (Å²) in [5, 5.41) is 3.10. The van der Waals surface area contributed by atoms with Crippen LogP contribution in [-0.2, 0) is 4.79 Å². The van der Waals surface area contributed by atoms with E-state index in [0.717, 1.165) is 0 Å². The molecule has 0 saturated carbocycles. The molecule has 1 aromatic carbocycles. The van der Waals surface area contributed by atoms with Crippen LogP contribution < -0.4 is 11.1 Å². The highest BCUT2D eigenvalue weighted by Crippen LogP contribution is 2.20. The number of carbonyl (C=O) groups excluding carboxylic acids is 2. The summed E-state index contributed by atoms with van der Waals surface area (Å²) in [7, 11) is 0. The second kappa shape index (κ2) is 5.98. The molecule has 1 aromatic heterocycles. The van der Waals surface area contributed by atoms with E-state index in [2.05, 4.69) is 5.32 Å². The molecule has 1 atom stereocenters. The van der Waals surface area contributed by atoms with Crippen molar-refractivity contribution in [3.05, 3.63) is 58.0 Å². The molecule has 0 aliphatic heterocycles. The summed E-state index contributed by atoms with van der Waals surface area (Å²) >= 11 is 11.6. The summed E-state index contributed by atoms with van der Waals surface area (Å²) in [6.07, 6.45) is 1.38. The van der Waals surface area contributed by atoms with Crippen molar-refractivity contribution >= 4 is 35.0 Å². The van der Waals surface area contributed by atoms with Gasteiger partial charge < -0.3 is 15.5 Å². The van der Waals surface area contributed by atoms with Gasteiger partial charge in [-0.2, -0.15) is 0 Å². The van der Waals surface area contributed by atoms with E-state index in [1.54, 1.807) is 12.1 Å². The van der Waals surface area contributed by atoms with Gasteiger partial charge in [-0.25, -0.2) is 0 Å². The lowest BCUT2D eigenvalue weighted by molar-refractivity contribution is -0.120. The molecule has 1 unspecified atom stereocenters. The normalized spacial score (nSPS) is 11.9. The Morgan fingerprint density at radius 2 is 1.85 bits per heavy atom. The van der Waals surface area contributed by atoms with Crippen LogP contribution in [0.4, 0.5) is 0 Å². The number of primary amides is 1. The van der Waals surface area contributed by atoms with Crippen molar-refractivity contribution in [3.8, 4) is 0 Å². The molecule has 2 rings (SSSR count). The maximum absolute atomic E-state index is 12.1. The van der Waals surface area contributed by atoms with Crippen LogP contribution in [0.3, 0.4) is 0 Å². The van der Waals surface area contributed by atoms with Crippen molar-refractivity contribution < 1.29 is 14.0 Å². The number of hydrogen-bond acceptors (Lipinski definition) is 3. The van der Waals surface area contributed by atoms with Gasteiger partial charge in [0.15, 0.2) is 6.04 Å². The topological polar surface area (TPSA) is 85.3 Å². The molecule has 0 radical (unpaired) electrons. The fourth-order valence-electron chi connectivity index (χ4n) is 1.64. The third kappa shape index (κ3) is 3.31. The summed E-state index contributed by atoms with van der Waals surface area (Å²) in [5.74, 6) is -1.02. The minimum Gasteiger partial charge on any atom is -0.467 e. The Bertz CT molecular complexity index is 621. The molecular formula is C13H10Cl2N2O3. The molecule has 2 aromatic rings. The highest BCUT2D eigenvalue weighted by molar-refractivity contribution is 6.35. The highest BCUT2D eigenvalue weighted by Gasteiger charge is 2.23. The molecule has 104 valence electrons. The Morgan fingerprint density at radius 3 is 2.35 bits per heavy atom. The van der Waals surface area contributed by atoms with E-state index in [4.69, 9.17) is 33.4 Å². The first-order valence-electron chi connectivity index (χ1n) is 5.57. The lowest BCUT2D eigenvalue weighted by Crippen LogP contribution is -2.37. The first kappa shape index (κ1) is 14.4. The van der Waals surface area contributed by atoms with Gasteiger partial charge in [-0.3, -0.25) is 9.59 Å². The predicted octanol–water partition coefficient (Wildman–Crippen LogP) is 2.54. The maximum atomic E-state index is 12.1. The van der Waals surface area contributed by atoms with Gasteiger partial charge in [0.2, 0.25) is 5.91 Å². The third-order valence-corrected chi connectivity index (χ3v) is 2.95. The Hall–Kier alpha value is -1.98. The van der Waals surface area contributed by atoms with Gasteiger partial charge in [0.1, 0.15) is 5.76 Å². The molecule has 0 aliphatic rings. The molecule has 5 nitrogen and oxygen atoms in total. The Kier molecular flexibility index (Phi) is 4.32. The van der Waals surface area contributed by atoms with Crippen LogP contribution in [0.1, 0.15) is 22.2 Å². The number of carbonyl (C=O) groups is 2. The van der Waals surface area contributed by atoms with E-state index in [0.29, 0.717) is 10.0 Å². The molecule has 3 N–H and O–H groups in total. The van der Waals surface area contributed by atoms with Gasteiger partial charge in [0.25, 0.3) is 5.91 Å². The summed E-state index contributed by atoms with van der Waals surface area (Å²) in [4.78, 5) is 23.5. The van der Waals surface area contributed by atoms with E-state index in [1.807, 2.05) is 0 Å². The van der Waals surface area contributed by atoms with E-state index in [9.17, 15) is 9.59 Å². The summed E-state index contributed by atoms with van der Waals surface area (Å²) in [5.41, 5.74) is 5.47. The average Bonchev–Trinajstić information content (AvgIpc) is 2.87. The van der Waals surface area contributed by atoms with Crippen LogP contribution in [0.5, 0.6) is 0 Å². The Labute approximate surface area is 124 Å². The van der Waals surface area contributed by atoms with Gasteiger partial charge in [-0.15, -0.1) is 0 Å². The molecule has 2 amide bonds. The number of furan rings is 1. The zero-order valence-electron chi connectivity index (χ0n) is 10.1. The molecule has 0 fully saturated rings. The zero-order valence-corrected chi connectivity index (χ0v) is 11.6. The zero-order chi connectivity index (χ0) is 14.7. The van der Waals surface area contributed by atoms with Crippen LogP contribution in [0.25, 0.3) is 0 Å². The fourth-order valence-corrected chi connectivity index (χ4v) is 2.16. The molecular weight excluding hydrogens is 303 g/mol. The van der Waals surface area contributed by atoms with Gasteiger partial charge in [0.05, 0.1) is 6.26 Å². The predicted molar refractivity (Wildman–Crippen MR) is 74.6 cm³/mol. The molecule has 0 spiro atoms. The summed E-state index contributed by atoms with van der Waals surface area (Å²) < 4.78 is 5.07. The van der Waals surface area contributed by atoms with E-state index in [1.165, 1.54) is 24.5 Å². The molecule has 0 aliphatic carbocycles. The number of nitrogens with one attached hydrogen (secondary N) is 1. The van der Waals surface area contributed by atoms with Gasteiger partial charge in [-0.05, 0) is 30.3 Å². The molecule has 1 heterocycles. The van der Waals surface area contributed by atoms with Crippen LogP contribution >= 0.6 is 23.2 Å². The van der Waals surface area contributed by atoms with Crippen molar-refractivity contribution in [2.45, 2.75) is 6.04 Å². The average molecular weight is 313 g/mol. The molecule has 0 bridgehead atoms. The second-order valence-corrected chi connectivity index (χ2v) is 4.86. The monoisotopic (exact) mass is 312 g/mol. The Balaban J connectivity index is 2.23. The van der Waals surface area contributed by atoms with Crippen LogP contribution in [0.15, 0.2) is 41.0 Å². The minimum atomic E-state index is -1.06. The molecule has 7 heteroatoms. The summed E-state index contributed by atoms with van der Waals surface area (Å²) in [6, 6.07) is 6.44. The molecule has 0 saturated heterocycles. The van der Waals surface area contributed by atoms with Crippen molar-refractivity contribution in [1.29, 1.82) is 0 Å². The lowest BCUT2D eigenvalue weighted by atomic mass is 10.1. The van der Waals surface area contributed by atoms with Crippen LogP contribution in [0.2, 0.25) is 10.0 Å². The molecule has 20 heavy (non-hydrogen) atoms. The smallest absolute Gasteiger partial charge is 0.252 e. The SMILES string of the molecule is NC(=O)C(NC(=O)c1cc(Cl)cc(Cl)c1)c1ccco1. The van der Waals surface area contributed by atoms with Crippen molar-refractivity contribution in [1.82, 2.24) is 5.32 Å². The van der Waals surface area contributed by atoms with Crippen molar-refractivity contribution in [2.75, 3.05) is 0 Å². The van der Waals surface area contributed by atoms with Gasteiger partial charge >= 0.3 is 0 Å². The van der Waals surface area contributed by atoms with E-state index >= 15 is 0 Å². The second-order valence-electron chi connectivity index (χ2n) is 3.98. The number of hydrogen-bond donors (Lipinski definition) is 2. The largest absolute Gasteiger partial charge is 0.467 e. The van der Waals surface area contributed by atoms with Gasteiger partial charge in [-0.1, -0.05) is 23.2 Å². The quantitative estimate of drug-likeness (QED) is 0.909. The first-order valence-corrected chi connectivity index (χ1v) is 6.32. The maximum Gasteiger partial charge on any atom is 0.252 e. The van der Waals surface area contributed by atoms with Gasteiger partial charge in [0, 0.05) is 15.6 Å². The lowest BCUT2D eigenvalue weighted by Gasteiger charge is -2.13. The van der Waals surface area contributed by atoms with Crippen molar-refractivity contribution in [3.63, 3.8) is 0 Å². The first-order chi connectivity index (χ1) is 9.47. The third-order valence-electron chi connectivity index (χ3n) is 2.51. The number of benzene rings is 1. The standard InChI is InChI=1S/C13H10Cl2N2O3/c14-8-4-7(5-9(15)6-8)13(19)17-11(12(16)18)10-2-1-3-20-10/h1-6,11H,(H2,16,18)(H,17,19). The van der Waals surface area contributed by atoms with Crippen LogP contribution in [-0.4, -0.2) is 11.8 Å². The van der Waals surface area contributed by atoms with Crippen LogP contribution in [0, 0.1) is 0 Å². The highest BCUT2D eigenvalue weighted by atomic mass is 35.5. The fraction of sp³-hybridized carbons (Fsp3) is 0.0769. The van der Waals surface area contributed by atoms with E-state index in [-0.39, 0.29) is 11.3 Å². The minimum absolute atomic E-state index is 0.223. The van der Waals surface area contributed by atoms with Crippen molar-refractivity contribution in [2.24, 2.45) is 5.73 Å². The Morgan fingerprint density at radius 1 is 1.20 bits per heavy atom. The van der Waals surface area contributed by atoms with E-state index < -0.39 is 17.9 Å². The number of nitrogens with two attached hydrogens (primary N) is 1. The number of rotatable bonds is 4. The summed E-state index contributed by atoms with van der Waals surface area (Å²) in [6.45, 7) is 0. The number of halogens is 2. The number of amides is 2.